The number of fused-ring (bicyclic) bond motifs is 1. The van der Waals surface area contributed by atoms with Gasteiger partial charge < -0.3 is 20.3 Å². The number of carbonyl (C=O) groups excluding carboxylic acids is 3. The molecule has 0 unspecified atom stereocenters. The van der Waals surface area contributed by atoms with Gasteiger partial charge in [0.25, 0.3) is 11.8 Å². The summed E-state index contributed by atoms with van der Waals surface area (Å²) >= 11 is 1.19. The molecule has 2 aromatic carbocycles. The van der Waals surface area contributed by atoms with Crippen molar-refractivity contribution in [2.24, 2.45) is 0 Å². The smallest absolute Gasteiger partial charge is 0.275 e. The molecule has 9 heteroatoms. The fourth-order valence-electron chi connectivity index (χ4n) is 3.07. The summed E-state index contributed by atoms with van der Waals surface area (Å²) in [6.07, 6.45) is 0.962. The van der Waals surface area contributed by atoms with Crippen molar-refractivity contribution >= 4 is 45.6 Å². The SMILES string of the molecule is CN1C(=O)COc2cc(NC(=O)c3csc(NC(=O)CCc4ccccc4)n3)ccc21. The third kappa shape index (κ3) is 4.89. The highest BCUT2D eigenvalue weighted by atomic mass is 32.1. The van der Waals surface area contributed by atoms with E-state index in [1.165, 1.54) is 16.2 Å². The zero-order chi connectivity index (χ0) is 21.8. The minimum absolute atomic E-state index is 0.0414. The van der Waals surface area contributed by atoms with Crippen LogP contribution in [0.5, 0.6) is 5.75 Å². The molecule has 3 amide bonds. The fraction of sp³-hybridized carbons (Fsp3) is 0.182. The number of benzene rings is 2. The van der Waals surface area contributed by atoms with Gasteiger partial charge in [-0.25, -0.2) is 4.98 Å². The minimum Gasteiger partial charge on any atom is -0.481 e. The molecule has 1 aliphatic rings. The van der Waals surface area contributed by atoms with Crippen molar-refractivity contribution in [3.8, 4) is 5.75 Å². The van der Waals surface area contributed by atoms with E-state index < -0.39 is 5.91 Å². The molecule has 0 radical (unpaired) electrons. The number of hydrogen-bond acceptors (Lipinski definition) is 6. The molecule has 158 valence electrons. The van der Waals surface area contributed by atoms with Crippen LogP contribution in [0.3, 0.4) is 0 Å². The van der Waals surface area contributed by atoms with Crippen molar-refractivity contribution in [3.63, 3.8) is 0 Å². The second-order valence-corrected chi connectivity index (χ2v) is 7.81. The van der Waals surface area contributed by atoms with Gasteiger partial charge in [-0.05, 0) is 24.1 Å². The molecular formula is C22H20N4O4S. The predicted molar refractivity (Wildman–Crippen MR) is 119 cm³/mol. The number of carbonyl (C=O) groups is 3. The van der Waals surface area contributed by atoms with Crippen molar-refractivity contribution in [2.45, 2.75) is 12.8 Å². The molecular weight excluding hydrogens is 416 g/mol. The van der Waals surface area contributed by atoms with Crippen molar-refractivity contribution < 1.29 is 19.1 Å². The van der Waals surface area contributed by atoms with Gasteiger partial charge in [-0.3, -0.25) is 14.4 Å². The Labute approximate surface area is 182 Å². The predicted octanol–water partition coefficient (Wildman–Crippen LogP) is 3.32. The third-order valence-electron chi connectivity index (χ3n) is 4.77. The maximum absolute atomic E-state index is 12.5. The van der Waals surface area contributed by atoms with Gasteiger partial charge in [0, 0.05) is 30.6 Å². The van der Waals surface area contributed by atoms with Crippen molar-refractivity contribution in [2.75, 3.05) is 29.2 Å². The Kier molecular flexibility index (Phi) is 5.94. The maximum atomic E-state index is 12.5. The number of thiazole rings is 1. The second kappa shape index (κ2) is 8.97. The normalized spacial score (nSPS) is 12.7. The number of nitrogens with one attached hydrogen (secondary N) is 2. The van der Waals surface area contributed by atoms with E-state index in [0.29, 0.717) is 35.1 Å². The zero-order valence-corrected chi connectivity index (χ0v) is 17.6. The number of aromatic nitrogens is 1. The Morgan fingerprint density at radius 3 is 2.77 bits per heavy atom. The molecule has 0 saturated carbocycles. The lowest BCUT2D eigenvalue weighted by molar-refractivity contribution is -0.121. The van der Waals surface area contributed by atoms with Crippen LogP contribution >= 0.6 is 11.3 Å². The lowest BCUT2D eigenvalue weighted by Gasteiger charge is -2.26. The number of rotatable bonds is 6. The first-order valence-electron chi connectivity index (χ1n) is 9.63. The number of amides is 3. The number of anilines is 3. The lowest BCUT2D eigenvalue weighted by Crippen LogP contribution is -2.35. The van der Waals surface area contributed by atoms with E-state index in [1.54, 1.807) is 30.6 Å². The van der Waals surface area contributed by atoms with Crippen LogP contribution in [0, 0.1) is 0 Å². The molecule has 0 fully saturated rings. The maximum Gasteiger partial charge on any atom is 0.275 e. The first-order valence-corrected chi connectivity index (χ1v) is 10.5. The molecule has 2 heterocycles. The molecule has 0 aliphatic carbocycles. The summed E-state index contributed by atoms with van der Waals surface area (Å²) < 4.78 is 5.43. The molecule has 1 aliphatic heterocycles. The van der Waals surface area contributed by atoms with Crippen LogP contribution < -0.4 is 20.3 Å². The van der Waals surface area contributed by atoms with Crippen LogP contribution in [0.4, 0.5) is 16.5 Å². The lowest BCUT2D eigenvalue weighted by atomic mass is 10.1. The summed E-state index contributed by atoms with van der Waals surface area (Å²) in [5.41, 5.74) is 2.45. The molecule has 3 aromatic rings. The molecule has 8 nitrogen and oxygen atoms in total. The summed E-state index contributed by atoms with van der Waals surface area (Å²) in [5, 5.41) is 7.45. The van der Waals surface area contributed by atoms with Gasteiger partial charge in [-0.1, -0.05) is 30.3 Å². The van der Waals surface area contributed by atoms with Crippen LogP contribution in [-0.2, 0) is 16.0 Å². The molecule has 2 N–H and O–H groups in total. The van der Waals surface area contributed by atoms with Gasteiger partial charge in [0.05, 0.1) is 5.69 Å². The zero-order valence-electron chi connectivity index (χ0n) is 16.8. The van der Waals surface area contributed by atoms with Crippen molar-refractivity contribution in [1.29, 1.82) is 0 Å². The fourth-order valence-corrected chi connectivity index (χ4v) is 3.78. The number of nitrogens with zero attached hydrogens (tertiary/aromatic N) is 2. The van der Waals surface area contributed by atoms with Crippen molar-refractivity contribution in [3.05, 3.63) is 65.2 Å². The average molecular weight is 436 g/mol. The highest BCUT2D eigenvalue weighted by Crippen LogP contribution is 2.33. The molecule has 1 aromatic heterocycles. The van der Waals surface area contributed by atoms with Crippen LogP contribution in [0.1, 0.15) is 22.5 Å². The quantitative estimate of drug-likeness (QED) is 0.617. The number of likely N-dealkylation sites (N-methyl/N-ethyl adjacent to an activating group) is 1. The average Bonchev–Trinajstić information content (AvgIpc) is 3.24. The van der Waals surface area contributed by atoms with Gasteiger partial charge in [-0.2, -0.15) is 0 Å². The summed E-state index contributed by atoms with van der Waals surface area (Å²) in [5.74, 6) is -0.175. The van der Waals surface area contributed by atoms with Gasteiger partial charge >= 0.3 is 0 Å². The Bertz CT molecular complexity index is 1130. The minimum atomic E-state index is -0.402. The number of aryl methyl sites for hydroxylation is 1. The molecule has 0 saturated heterocycles. The van der Waals surface area contributed by atoms with E-state index in [2.05, 4.69) is 15.6 Å². The monoisotopic (exact) mass is 436 g/mol. The molecule has 0 bridgehead atoms. The first kappa shape index (κ1) is 20.5. The van der Waals surface area contributed by atoms with Gasteiger partial charge in [0.1, 0.15) is 11.4 Å². The highest BCUT2D eigenvalue weighted by molar-refractivity contribution is 7.14. The van der Waals surface area contributed by atoms with E-state index in [9.17, 15) is 14.4 Å². The number of ether oxygens (including phenoxy) is 1. The van der Waals surface area contributed by atoms with Crippen LogP contribution in [0.15, 0.2) is 53.9 Å². The Morgan fingerprint density at radius 1 is 1.16 bits per heavy atom. The standard InChI is InChI=1S/C22H20N4O4S/c1-26-17-9-8-15(11-18(17)30-12-20(26)28)23-21(29)16-13-31-22(24-16)25-19(27)10-7-14-5-3-2-4-6-14/h2-6,8-9,11,13H,7,10,12H2,1H3,(H,23,29)(H,24,25,27). The molecule has 0 spiro atoms. The summed E-state index contributed by atoms with van der Waals surface area (Å²) in [6.45, 7) is -0.0414. The molecule has 0 atom stereocenters. The Morgan fingerprint density at radius 2 is 1.97 bits per heavy atom. The van der Waals surface area contributed by atoms with E-state index in [4.69, 9.17) is 4.74 Å². The van der Waals surface area contributed by atoms with Gasteiger partial charge in [0.2, 0.25) is 5.91 Å². The van der Waals surface area contributed by atoms with Crippen molar-refractivity contribution in [1.82, 2.24) is 4.98 Å². The number of hydrogen-bond donors (Lipinski definition) is 2. The molecule has 4 rings (SSSR count). The highest BCUT2D eigenvalue weighted by Gasteiger charge is 2.22. The molecule has 31 heavy (non-hydrogen) atoms. The van der Waals surface area contributed by atoms with Gasteiger partial charge in [0.15, 0.2) is 11.7 Å². The summed E-state index contributed by atoms with van der Waals surface area (Å²) in [6, 6.07) is 14.8. The first-order chi connectivity index (χ1) is 15.0. The van der Waals surface area contributed by atoms with E-state index >= 15 is 0 Å². The van der Waals surface area contributed by atoms with Crippen LogP contribution in [-0.4, -0.2) is 36.4 Å². The summed E-state index contributed by atoms with van der Waals surface area (Å²) in [4.78, 5) is 42.1. The summed E-state index contributed by atoms with van der Waals surface area (Å²) in [7, 11) is 1.67. The second-order valence-electron chi connectivity index (χ2n) is 6.95. The van der Waals surface area contributed by atoms with E-state index in [-0.39, 0.29) is 24.1 Å². The van der Waals surface area contributed by atoms with E-state index in [1.807, 2.05) is 30.3 Å². The largest absolute Gasteiger partial charge is 0.481 e. The topological polar surface area (TPSA) is 101 Å². The Balaban J connectivity index is 1.34. The van der Waals surface area contributed by atoms with E-state index in [0.717, 1.165) is 5.56 Å². The van der Waals surface area contributed by atoms with Gasteiger partial charge in [-0.15, -0.1) is 11.3 Å². The third-order valence-corrected chi connectivity index (χ3v) is 5.53. The van der Waals surface area contributed by atoms with Crippen LogP contribution in [0.2, 0.25) is 0 Å². The Hall–Kier alpha value is -3.72. The van der Waals surface area contributed by atoms with Crippen LogP contribution in [0.25, 0.3) is 0 Å².